The average molecular weight is 337 g/mol. The van der Waals surface area contributed by atoms with E-state index in [2.05, 4.69) is 11.9 Å². The Labute approximate surface area is 147 Å². The Morgan fingerprint density at radius 1 is 1.24 bits per heavy atom. The molecule has 2 aliphatic rings. The maximum absolute atomic E-state index is 13.2. The molecule has 0 aromatic heterocycles. The summed E-state index contributed by atoms with van der Waals surface area (Å²) in [7, 11) is 0. The summed E-state index contributed by atoms with van der Waals surface area (Å²) in [6, 6.07) is 9.38. The number of Topliss-reactive ketones (excluding diaryl/α,β-unsaturated/α-hetero) is 1. The minimum atomic E-state index is -0.955. The Bertz CT molecular complexity index is 740. The lowest BCUT2D eigenvalue weighted by Gasteiger charge is -2.32. The third-order valence-corrected chi connectivity index (χ3v) is 5.01. The summed E-state index contributed by atoms with van der Waals surface area (Å²) in [4.78, 5) is 25.2. The number of aliphatic carboxylic acids is 1. The Balaban J connectivity index is 2.10. The second kappa shape index (κ2) is 7.62. The first-order valence-electron chi connectivity index (χ1n) is 8.72. The number of hydrogen-bond acceptors (Lipinski definition) is 3. The Kier molecular flexibility index (Phi) is 5.29. The lowest BCUT2D eigenvalue weighted by atomic mass is 9.73. The van der Waals surface area contributed by atoms with Crippen LogP contribution in [0.15, 0.2) is 65.8 Å². The van der Waals surface area contributed by atoms with E-state index in [1.54, 1.807) is 12.2 Å². The quantitative estimate of drug-likeness (QED) is 0.810. The number of carboxylic acid groups (broad SMARTS) is 1. The number of benzene rings is 1. The topological polar surface area (TPSA) is 66.4 Å². The molecule has 2 N–H and O–H groups in total. The molecule has 0 spiro atoms. The predicted molar refractivity (Wildman–Crippen MR) is 97.3 cm³/mol. The van der Waals surface area contributed by atoms with Crippen LogP contribution in [0, 0.1) is 5.92 Å². The van der Waals surface area contributed by atoms with Crippen molar-refractivity contribution in [1.29, 1.82) is 0 Å². The third-order valence-electron chi connectivity index (χ3n) is 5.01. The SMILES string of the molecule is C=CCC1=C(C2CCNCC2)C(C(=O)O)=CC(c2ccccc2)C1=O. The highest BCUT2D eigenvalue weighted by molar-refractivity contribution is 6.09. The maximum atomic E-state index is 13.2. The molecule has 1 aromatic rings. The molecule has 25 heavy (non-hydrogen) atoms. The van der Waals surface area contributed by atoms with Crippen molar-refractivity contribution < 1.29 is 14.7 Å². The van der Waals surface area contributed by atoms with E-state index in [9.17, 15) is 14.7 Å². The molecule has 0 saturated carbocycles. The molecule has 1 aliphatic carbocycles. The van der Waals surface area contributed by atoms with Crippen molar-refractivity contribution in [2.45, 2.75) is 25.2 Å². The van der Waals surface area contributed by atoms with Crippen molar-refractivity contribution >= 4 is 11.8 Å². The zero-order valence-corrected chi connectivity index (χ0v) is 14.2. The summed E-state index contributed by atoms with van der Waals surface area (Å²) >= 11 is 0. The highest BCUT2D eigenvalue weighted by atomic mass is 16.4. The minimum Gasteiger partial charge on any atom is -0.478 e. The van der Waals surface area contributed by atoms with Crippen molar-refractivity contribution in [3.8, 4) is 0 Å². The molecule has 130 valence electrons. The van der Waals surface area contributed by atoms with Crippen LogP contribution in [-0.2, 0) is 9.59 Å². The number of nitrogens with one attached hydrogen (secondary N) is 1. The number of piperidine rings is 1. The van der Waals surface area contributed by atoms with Crippen LogP contribution >= 0.6 is 0 Å². The monoisotopic (exact) mass is 337 g/mol. The Morgan fingerprint density at radius 3 is 2.52 bits per heavy atom. The van der Waals surface area contributed by atoms with Gasteiger partial charge in [0.1, 0.15) is 0 Å². The van der Waals surface area contributed by atoms with Crippen LogP contribution in [0.2, 0.25) is 0 Å². The van der Waals surface area contributed by atoms with E-state index >= 15 is 0 Å². The van der Waals surface area contributed by atoms with E-state index in [0.717, 1.165) is 37.1 Å². The smallest absolute Gasteiger partial charge is 0.335 e. The fourth-order valence-electron chi connectivity index (χ4n) is 3.84. The van der Waals surface area contributed by atoms with Gasteiger partial charge in [0.2, 0.25) is 0 Å². The van der Waals surface area contributed by atoms with Gasteiger partial charge in [-0.15, -0.1) is 6.58 Å². The van der Waals surface area contributed by atoms with Crippen molar-refractivity contribution in [3.63, 3.8) is 0 Å². The van der Waals surface area contributed by atoms with Crippen molar-refractivity contribution in [2.75, 3.05) is 13.1 Å². The molecule has 1 heterocycles. The first-order chi connectivity index (χ1) is 12.1. The summed E-state index contributed by atoms with van der Waals surface area (Å²) in [5.74, 6) is -1.37. The van der Waals surface area contributed by atoms with E-state index in [1.165, 1.54) is 0 Å². The molecule has 0 radical (unpaired) electrons. The van der Waals surface area contributed by atoms with Crippen LogP contribution in [0.1, 0.15) is 30.7 Å². The molecule has 0 amide bonds. The lowest BCUT2D eigenvalue weighted by Crippen LogP contribution is -2.33. The van der Waals surface area contributed by atoms with Crippen LogP contribution in [0.4, 0.5) is 0 Å². The number of carboxylic acids is 1. The van der Waals surface area contributed by atoms with Gasteiger partial charge in [0.25, 0.3) is 0 Å². The van der Waals surface area contributed by atoms with Gasteiger partial charge in [0.15, 0.2) is 5.78 Å². The lowest BCUT2D eigenvalue weighted by molar-refractivity contribution is -0.132. The van der Waals surface area contributed by atoms with E-state index in [0.29, 0.717) is 12.0 Å². The fourth-order valence-corrected chi connectivity index (χ4v) is 3.84. The van der Waals surface area contributed by atoms with Gasteiger partial charge < -0.3 is 10.4 Å². The minimum absolute atomic E-state index is 0.00429. The largest absolute Gasteiger partial charge is 0.478 e. The highest BCUT2D eigenvalue weighted by Crippen LogP contribution is 2.40. The molecule has 1 fully saturated rings. The molecule has 0 bridgehead atoms. The molecular weight excluding hydrogens is 314 g/mol. The molecule has 1 unspecified atom stereocenters. The first-order valence-corrected chi connectivity index (χ1v) is 8.72. The van der Waals surface area contributed by atoms with Gasteiger partial charge in [-0.05, 0) is 49.4 Å². The molecular formula is C21H23NO3. The van der Waals surface area contributed by atoms with Crippen LogP contribution in [-0.4, -0.2) is 29.9 Å². The second-order valence-electron chi connectivity index (χ2n) is 6.55. The summed E-state index contributed by atoms with van der Waals surface area (Å²) < 4.78 is 0. The number of rotatable bonds is 5. The van der Waals surface area contributed by atoms with Gasteiger partial charge in [0.05, 0.1) is 11.5 Å². The zero-order chi connectivity index (χ0) is 17.8. The number of carbonyl (C=O) groups excluding carboxylic acids is 1. The van der Waals surface area contributed by atoms with Crippen molar-refractivity contribution in [2.24, 2.45) is 5.92 Å². The van der Waals surface area contributed by atoms with Crippen LogP contribution in [0.5, 0.6) is 0 Å². The molecule has 1 saturated heterocycles. The Morgan fingerprint density at radius 2 is 1.92 bits per heavy atom. The van der Waals surface area contributed by atoms with Crippen LogP contribution in [0.25, 0.3) is 0 Å². The fraction of sp³-hybridized carbons (Fsp3) is 0.333. The number of ketones is 1. The Hall–Kier alpha value is -2.46. The van der Waals surface area contributed by atoms with Gasteiger partial charge >= 0.3 is 5.97 Å². The zero-order valence-electron chi connectivity index (χ0n) is 14.2. The molecule has 1 aliphatic heterocycles. The molecule has 4 nitrogen and oxygen atoms in total. The summed E-state index contributed by atoms with van der Waals surface area (Å²) in [6.07, 6.45) is 5.45. The standard InChI is InChI=1S/C21H23NO3/c1-2-6-16-19(15-9-11-22-12-10-15)18(21(24)25)13-17(20(16)23)14-7-4-3-5-8-14/h2-5,7-8,13,15,17,22H,1,6,9-12H2,(H,24,25). The van der Waals surface area contributed by atoms with Gasteiger partial charge in [-0.1, -0.05) is 42.5 Å². The molecule has 3 rings (SSSR count). The van der Waals surface area contributed by atoms with E-state index < -0.39 is 11.9 Å². The maximum Gasteiger partial charge on any atom is 0.335 e. The summed E-state index contributed by atoms with van der Waals surface area (Å²) in [5.41, 5.74) is 2.47. The number of allylic oxidation sites excluding steroid dienone is 3. The predicted octanol–water partition coefficient (Wildman–Crippen LogP) is 3.24. The van der Waals surface area contributed by atoms with E-state index in [4.69, 9.17) is 0 Å². The second-order valence-corrected chi connectivity index (χ2v) is 6.55. The van der Waals surface area contributed by atoms with E-state index in [-0.39, 0.29) is 17.3 Å². The number of carbonyl (C=O) groups is 2. The van der Waals surface area contributed by atoms with Gasteiger partial charge in [-0.3, -0.25) is 4.79 Å². The highest BCUT2D eigenvalue weighted by Gasteiger charge is 2.36. The number of hydrogen-bond donors (Lipinski definition) is 2. The van der Waals surface area contributed by atoms with Crippen molar-refractivity contribution in [1.82, 2.24) is 5.32 Å². The van der Waals surface area contributed by atoms with Gasteiger partial charge in [-0.2, -0.15) is 0 Å². The molecule has 1 atom stereocenters. The van der Waals surface area contributed by atoms with Gasteiger partial charge in [-0.25, -0.2) is 4.79 Å². The van der Waals surface area contributed by atoms with Crippen LogP contribution in [0.3, 0.4) is 0 Å². The summed E-state index contributed by atoms with van der Waals surface area (Å²) in [5, 5.41) is 13.1. The molecule has 4 heteroatoms. The third kappa shape index (κ3) is 3.49. The molecule has 1 aromatic carbocycles. The van der Waals surface area contributed by atoms with E-state index in [1.807, 2.05) is 30.3 Å². The average Bonchev–Trinajstić information content (AvgIpc) is 2.64. The van der Waals surface area contributed by atoms with Crippen molar-refractivity contribution in [3.05, 3.63) is 71.3 Å². The van der Waals surface area contributed by atoms with Crippen LogP contribution < -0.4 is 5.32 Å². The van der Waals surface area contributed by atoms with Gasteiger partial charge in [0, 0.05) is 5.57 Å². The first kappa shape index (κ1) is 17.4. The summed E-state index contributed by atoms with van der Waals surface area (Å²) in [6.45, 7) is 5.46. The normalized spacial score (nSPS) is 21.8.